The molecule has 2 aliphatic rings. The molecule has 0 aliphatic carbocycles. The van der Waals surface area contributed by atoms with Crippen molar-refractivity contribution >= 4 is 40.3 Å². The predicted octanol–water partition coefficient (Wildman–Crippen LogP) is 4.11. The number of aromatic nitrogens is 1. The number of aliphatic imine (C=N–C) groups is 2. The molecule has 3 heterocycles. The van der Waals surface area contributed by atoms with Gasteiger partial charge in [0.25, 0.3) is 5.91 Å². The molecule has 35 heavy (non-hydrogen) atoms. The molecule has 0 saturated heterocycles. The number of amides is 2. The summed E-state index contributed by atoms with van der Waals surface area (Å²) in [5.41, 5.74) is 3.56. The standard InChI is InChI=1S/C27H25N5O2S/c1-2-23(25(33)29-17-19-11-8-14-28-16-19)35-27-31-21-13-7-6-12-20(21)24-30-22(26(34)32(24)27)15-18-9-4-3-5-10-18/h3-14,16,22-23H,2,15,17H2,1H3,(H,29,33)/t22-,23-/m0/s1. The molecular formula is C27H25N5O2S. The molecule has 1 N–H and O–H groups in total. The number of thioether (sulfide) groups is 1. The number of pyridine rings is 1. The zero-order valence-electron chi connectivity index (χ0n) is 19.3. The summed E-state index contributed by atoms with van der Waals surface area (Å²) in [6.45, 7) is 2.35. The fourth-order valence-corrected chi connectivity index (χ4v) is 5.15. The Labute approximate surface area is 208 Å². The van der Waals surface area contributed by atoms with Gasteiger partial charge in [0.05, 0.1) is 10.9 Å². The van der Waals surface area contributed by atoms with E-state index >= 15 is 0 Å². The molecule has 0 spiro atoms. The van der Waals surface area contributed by atoms with Gasteiger partial charge in [-0.15, -0.1) is 0 Å². The van der Waals surface area contributed by atoms with Crippen molar-refractivity contribution in [3.8, 4) is 0 Å². The van der Waals surface area contributed by atoms with Crippen molar-refractivity contribution in [1.82, 2.24) is 15.2 Å². The van der Waals surface area contributed by atoms with Gasteiger partial charge < -0.3 is 5.32 Å². The second-order valence-electron chi connectivity index (χ2n) is 8.34. The fourth-order valence-electron chi connectivity index (χ4n) is 4.11. The van der Waals surface area contributed by atoms with E-state index in [9.17, 15) is 9.59 Å². The Balaban J connectivity index is 1.38. The Kier molecular flexibility index (Phi) is 6.72. The van der Waals surface area contributed by atoms with Crippen LogP contribution in [0.15, 0.2) is 89.1 Å². The SMILES string of the molecule is CC[C@H](SC1=Nc2ccccc2C2=N[C@@H](Cc3ccccc3)C(=O)N12)C(=O)NCc1cccnc1. The monoisotopic (exact) mass is 483 g/mol. The number of carbonyl (C=O) groups excluding carboxylic acids is 2. The largest absolute Gasteiger partial charge is 0.351 e. The van der Waals surface area contributed by atoms with E-state index in [0.717, 1.165) is 22.4 Å². The maximum atomic E-state index is 13.5. The number of benzene rings is 2. The second-order valence-corrected chi connectivity index (χ2v) is 9.51. The minimum absolute atomic E-state index is 0.103. The molecule has 5 rings (SSSR count). The third-order valence-electron chi connectivity index (χ3n) is 5.92. The number of fused-ring (bicyclic) bond motifs is 3. The highest BCUT2D eigenvalue weighted by Crippen LogP contribution is 2.35. The summed E-state index contributed by atoms with van der Waals surface area (Å²) in [6.07, 6.45) is 4.54. The number of carbonyl (C=O) groups is 2. The molecule has 2 aliphatic heterocycles. The highest BCUT2D eigenvalue weighted by Gasteiger charge is 2.42. The molecule has 3 aromatic rings. The molecular weight excluding hydrogens is 458 g/mol. The predicted molar refractivity (Wildman–Crippen MR) is 139 cm³/mol. The number of hydrogen-bond donors (Lipinski definition) is 1. The van der Waals surface area contributed by atoms with Crippen LogP contribution in [0.4, 0.5) is 5.69 Å². The summed E-state index contributed by atoms with van der Waals surface area (Å²) in [5.74, 6) is 0.388. The molecule has 2 amide bonds. The molecule has 1 aromatic heterocycles. The normalized spacial score (nSPS) is 17.2. The molecule has 0 radical (unpaired) electrons. The van der Waals surface area contributed by atoms with Crippen LogP contribution in [0.5, 0.6) is 0 Å². The molecule has 8 heteroatoms. The summed E-state index contributed by atoms with van der Waals surface area (Å²) in [4.78, 5) is 41.8. The van der Waals surface area contributed by atoms with Gasteiger partial charge in [0.1, 0.15) is 11.9 Å². The topological polar surface area (TPSA) is 87.0 Å². The first-order chi connectivity index (χ1) is 17.1. The second kappa shape index (κ2) is 10.2. The minimum atomic E-state index is -0.524. The van der Waals surface area contributed by atoms with Crippen molar-refractivity contribution in [2.24, 2.45) is 9.98 Å². The quantitative estimate of drug-likeness (QED) is 0.548. The van der Waals surface area contributed by atoms with Gasteiger partial charge in [-0.25, -0.2) is 9.89 Å². The first kappa shape index (κ1) is 23.0. The van der Waals surface area contributed by atoms with Crippen LogP contribution in [0.1, 0.15) is 30.0 Å². The van der Waals surface area contributed by atoms with Crippen molar-refractivity contribution < 1.29 is 9.59 Å². The molecule has 0 unspecified atom stereocenters. The summed E-state index contributed by atoms with van der Waals surface area (Å²) < 4.78 is 0. The van der Waals surface area contributed by atoms with Crippen LogP contribution in [0, 0.1) is 0 Å². The number of para-hydroxylation sites is 1. The number of nitrogens with one attached hydrogen (secondary N) is 1. The maximum Gasteiger partial charge on any atom is 0.259 e. The summed E-state index contributed by atoms with van der Waals surface area (Å²) in [6, 6.07) is 20.8. The Hall–Kier alpha value is -3.78. The first-order valence-corrected chi connectivity index (χ1v) is 12.5. The van der Waals surface area contributed by atoms with Crippen LogP contribution in [0.3, 0.4) is 0 Å². The highest BCUT2D eigenvalue weighted by molar-refractivity contribution is 8.15. The average Bonchev–Trinajstić information content (AvgIpc) is 3.23. The molecule has 0 saturated carbocycles. The van der Waals surface area contributed by atoms with E-state index in [1.54, 1.807) is 17.3 Å². The van der Waals surface area contributed by atoms with Crippen LogP contribution >= 0.6 is 11.8 Å². The molecule has 0 fully saturated rings. The van der Waals surface area contributed by atoms with Crippen LogP contribution in [0.25, 0.3) is 0 Å². The minimum Gasteiger partial charge on any atom is -0.351 e. The van der Waals surface area contributed by atoms with E-state index in [0.29, 0.717) is 30.4 Å². The molecule has 2 aromatic carbocycles. The fraction of sp³-hybridized carbons (Fsp3) is 0.222. The Bertz CT molecular complexity index is 1290. The number of nitrogens with zero attached hydrogens (tertiary/aromatic N) is 4. The van der Waals surface area contributed by atoms with E-state index in [2.05, 4.69) is 10.3 Å². The van der Waals surface area contributed by atoms with Gasteiger partial charge in [-0.05, 0) is 35.7 Å². The Morgan fingerprint density at radius 2 is 1.83 bits per heavy atom. The van der Waals surface area contributed by atoms with E-state index in [1.165, 1.54) is 11.8 Å². The molecule has 176 valence electrons. The van der Waals surface area contributed by atoms with Crippen molar-refractivity contribution in [3.63, 3.8) is 0 Å². The highest BCUT2D eigenvalue weighted by atomic mass is 32.2. The Morgan fingerprint density at radius 1 is 1.06 bits per heavy atom. The van der Waals surface area contributed by atoms with Crippen LogP contribution < -0.4 is 5.32 Å². The number of amidine groups is 2. The zero-order chi connectivity index (χ0) is 24.2. The first-order valence-electron chi connectivity index (χ1n) is 11.6. The lowest BCUT2D eigenvalue weighted by Crippen LogP contribution is -2.43. The van der Waals surface area contributed by atoms with Gasteiger partial charge in [0.15, 0.2) is 5.17 Å². The third kappa shape index (κ3) is 4.88. The third-order valence-corrected chi connectivity index (χ3v) is 7.24. The van der Waals surface area contributed by atoms with Gasteiger partial charge in [-0.2, -0.15) is 0 Å². The van der Waals surface area contributed by atoms with E-state index in [4.69, 9.17) is 9.98 Å². The summed E-state index contributed by atoms with van der Waals surface area (Å²) in [7, 11) is 0. The van der Waals surface area contributed by atoms with Crippen molar-refractivity contribution in [2.75, 3.05) is 0 Å². The maximum absolute atomic E-state index is 13.5. The molecule has 0 bridgehead atoms. The van der Waals surface area contributed by atoms with Gasteiger partial charge >= 0.3 is 0 Å². The van der Waals surface area contributed by atoms with Crippen LogP contribution in [-0.2, 0) is 22.6 Å². The van der Waals surface area contributed by atoms with Crippen molar-refractivity contribution in [2.45, 2.75) is 37.6 Å². The number of rotatable bonds is 7. The smallest absolute Gasteiger partial charge is 0.259 e. The van der Waals surface area contributed by atoms with E-state index in [1.807, 2.05) is 73.7 Å². The van der Waals surface area contributed by atoms with Gasteiger partial charge in [-0.3, -0.25) is 19.6 Å². The lowest BCUT2D eigenvalue weighted by atomic mass is 10.1. The molecule has 7 nitrogen and oxygen atoms in total. The summed E-state index contributed by atoms with van der Waals surface area (Å²) >= 11 is 1.31. The van der Waals surface area contributed by atoms with Crippen LogP contribution in [0.2, 0.25) is 0 Å². The van der Waals surface area contributed by atoms with Gasteiger partial charge in [-0.1, -0.05) is 67.2 Å². The average molecular weight is 484 g/mol. The Morgan fingerprint density at radius 3 is 2.60 bits per heavy atom. The zero-order valence-corrected chi connectivity index (χ0v) is 20.1. The van der Waals surface area contributed by atoms with Crippen molar-refractivity contribution in [3.05, 3.63) is 95.8 Å². The van der Waals surface area contributed by atoms with Crippen molar-refractivity contribution in [1.29, 1.82) is 0 Å². The van der Waals surface area contributed by atoms with Gasteiger partial charge in [0.2, 0.25) is 5.91 Å². The molecule has 2 atom stereocenters. The lowest BCUT2D eigenvalue weighted by molar-refractivity contribution is -0.124. The van der Waals surface area contributed by atoms with Crippen LogP contribution in [-0.4, -0.2) is 44.0 Å². The van der Waals surface area contributed by atoms with E-state index < -0.39 is 11.3 Å². The van der Waals surface area contributed by atoms with Gasteiger partial charge in [0, 0.05) is 30.9 Å². The number of hydrogen-bond acceptors (Lipinski definition) is 6. The lowest BCUT2D eigenvalue weighted by Gasteiger charge is -2.27. The summed E-state index contributed by atoms with van der Waals surface area (Å²) in [5, 5.41) is 3.07. The van der Waals surface area contributed by atoms with E-state index in [-0.39, 0.29) is 11.8 Å².